The van der Waals surface area contributed by atoms with Gasteiger partial charge < -0.3 is 10.4 Å². The normalized spacial score (nSPS) is 22.8. The zero-order valence-corrected chi connectivity index (χ0v) is 12.6. The molecule has 1 aromatic carbocycles. The highest BCUT2D eigenvalue weighted by molar-refractivity contribution is 5.97. The van der Waals surface area contributed by atoms with E-state index in [1.807, 2.05) is 19.1 Å². The van der Waals surface area contributed by atoms with Crippen molar-refractivity contribution < 1.29 is 9.90 Å². The van der Waals surface area contributed by atoms with Crippen molar-refractivity contribution in [2.75, 3.05) is 0 Å². The molecule has 1 aliphatic carbocycles. The molecule has 0 bridgehead atoms. The van der Waals surface area contributed by atoms with Gasteiger partial charge in [-0.3, -0.25) is 4.79 Å². The molecule has 1 amide bonds. The van der Waals surface area contributed by atoms with Crippen molar-refractivity contribution in [3.63, 3.8) is 0 Å². The van der Waals surface area contributed by atoms with E-state index in [0.717, 1.165) is 12.0 Å². The molecule has 3 nitrogen and oxygen atoms in total. The molecule has 1 aliphatic rings. The summed E-state index contributed by atoms with van der Waals surface area (Å²) in [5.41, 5.74) is 1.12. The van der Waals surface area contributed by atoms with Crippen molar-refractivity contribution >= 4 is 5.91 Å². The maximum atomic E-state index is 12.4. The molecule has 0 saturated heterocycles. The number of amides is 1. The largest absolute Gasteiger partial charge is 0.507 e. The van der Waals surface area contributed by atoms with Crippen LogP contribution in [-0.4, -0.2) is 17.1 Å². The van der Waals surface area contributed by atoms with E-state index >= 15 is 0 Å². The molecular weight excluding hydrogens is 250 g/mol. The van der Waals surface area contributed by atoms with Crippen molar-refractivity contribution in [2.45, 2.75) is 52.5 Å². The van der Waals surface area contributed by atoms with E-state index in [0.29, 0.717) is 17.4 Å². The summed E-state index contributed by atoms with van der Waals surface area (Å²) < 4.78 is 0. The highest BCUT2D eigenvalue weighted by atomic mass is 16.3. The van der Waals surface area contributed by atoms with E-state index in [-0.39, 0.29) is 17.7 Å². The average molecular weight is 275 g/mol. The van der Waals surface area contributed by atoms with Gasteiger partial charge in [0.2, 0.25) is 0 Å². The summed E-state index contributed by atoms with van der Waals surface area (Å²) >= 11 is 0. The number of hydrogen-bond acceptors (Lipinski definition) is 2. The second-order valence-corrected chi connectivity index (χ2v) is 6.24. The average Bonchev–Trinajstić information content (AvgIpc) is 2.42. The minimum atomic E-state index is -0.149. The van der Waals surface area contributed by atoms with Crippen LogP contribution in [0, 0.1) is 18.8 Å². The fourth-order valence-corrected chi connectivity index (χ4v) is 3.23. The third kappa shape index (κ3) is 3.14. The van der Waals surface area contributed by atoms with Crippen LogP contribution in [0.5, 0.6) is 5.75 Å². The number of rotatable bonds is 3. The highest BCUT2D eigenvalue weighted by Gasteiger charge is 2.29. The van der Waals surface area contributed by atoms with Gasteiger partial charge in [0.25, 0.3) is 5.91 Å². The molecule has 2 atom stereocenters. The molecule has 3 heteroatoms. The predicted molar refractivity (Wildman–Crippen MR) is 80.9 cm³/mol. The van der Waals surface area contributed by atoms with Crippen molar-refractivity contribution in [3.8, 4) is 5.75 Å². The smallest absolute Gasteiger partial charge is 0.255 e. The second-order valence-electron chi connectivity index (χ2n) is 6.24. The van der Waals surface area contributed by atoms with E-state index in [9.17, 15) is 9.90 Å². The van der Waals surface area contributed by atoms with Gasteiger partial charge in [0.05, 0.1) is 5.56 Å². The molecule has 2 N–H and O–H groups in total. The zero-order chi connectivity index (χ0) is 14.7. The summed E-state index contributed by atoms with van der Waals surface area (Å²) in [6, 6.07) is 5.54. The minimum Gasteiger partial charge on any atom is -0.507 e. The first-order valence-corrected chi connectivity index (χ1v) is 7.60. The van der Waals surface area contributed by atoms with Crippen molar-refractivity contribution in [2.24, 2.45) is 11.8 Å². The van der Waals surface area contributed by atoms with Crippen molar-refractivity contribution in [3.05, 3.63) is 29.3 Å². The summed E-state index contributed by atoms with van der Waals surface area (Å²) in [7, 11) is 0. The lowest BCUT2D eigenvalue weighted by atomic mass is 9.78. The number of aromatic hydroxyl groups is 1. The minimum absolute atomic E-state index is 0.0990. The lowest BCUT2D eigenvalue weighted by Crippen LogP contribution is -2.44. The first-order valence-electron chi connectivity index (χ1n) is 7.60. The third-order valence-corrected chi connectivity index (χ3v) is 4.47. The van der Waals surface area contributed by atoms with Crippen LogP contribution in [-0.2, 0) is 0 Å². The molecule has 110 valence electrons. The molecule has 2 unspecified atom stereocenters. The van der Waals surface area contributed by atoms with Crippen LogP contribution in [0.1, 0.15) is 55.5 Å². The van der Waals surface area contributed by atoms with E-state index < -0.39 is 0 Å². The first kappa shape index (κ1) is 14.9. The fraction of sp³-hybridized carbons (Fsp3) is 0.588. The predicted octanol–water partition coefficient (Wildman–Crippen LogP) is 3.65. The Balaban J connectivity index is 2.12. The van der Waals surface area contributed by atoms with Crippen LogP contribution in [0.15, 0.2) is 18.2 Å². The van der Waals surface area contributed by atoms with E-state index in [2.05, 4.69) is 19.2 Å². The lowest BCUT2D eigenvalue weighted by molar-refractivity contribution is 0.0886. The summed E-state index contributed by atoms with van der Waals surface area (Å²) in [5.74, 6) is 1.07. The topological polar surface area (TPSA) is 49.3 Å². The Labute approximate surface area is 121 Å². The molecule has 2 rings (SSSR count). The van der Waals surface area contributed by atoms with Crippen molar-refractivity contribution in [1.29, 1.82) is 0 Å². The van der Waals surface area contributed by atoms with Gasteiger partial charge in [-0.05, 0) is 43.2 Å². The van der Waals surface area contributed by atoms with Crippen LogP contribution in [0.3, 0.4) is 0 Å². The van der Waals surface area contributed by atoms with Gasteiger partial charge in [-0.15, -0.1) is 0 Å². The molecule has 0 heterocycles. The second kappa shape index (κ2) is 6.29. The molecule has 0 radical (unpaired) electrons. The maximum Gasteiger partial charge on any atom is 0.255 e. The van der Waals surface area contributed by atoms with E-state index in [1.165, 1.54) is 19.3 Å². The zero-order valence-electron chi connectivity index (χ0n) is 12.6. The number of hydrogen-bond donors (Lipinski definition) is 2. The van der Waals surface area contributed by atoms with Gasteiger partial charge >= 0.3 is 0 Å². The van der Waals surface area contributed by atoms with Crippen molar-refractivity contribution in [1.82, 2.24) is 5.32 Å². The van der Waals surface area contributed by atoms with Crippen LogP contribution in [0.4, 0.5) is 0 Å². The number of phenols is 1. The van der Waals surface area contributed by atoms with Crippen LogP contribution < -0.4 is 5.32 Å². The standard InChI is InChI=1S/C17H25NO2/c1-11(2)13-8-4-5-10-15(13)18-17(20)14-9-6-7-12(3)16(14)19/h6-7,9,11,13,15,19H,4-5,8,10H2,1-3H3,(H,18,20). The monoisotopic (exact) mass is 275 g/mol. The van der Waals surface area contributed by atoms with Gasteiger partial charge in [0.15, 0.2) is 0 Å². The Morgan fingerprint density at radius 1 is 1.30 bits per heavy atom. The Morgan fingerprint density at radius 2 is 2.00 bits per heavy atom. The molecular formula is C17H25NO2. The summed E-state index contributed by atoms with van der Waals surface area (Å²) in [5, 5.41) is 13.1. The fourth-order valence-electron chi connectivity index (χ4n) is 3.23. The highest BCUT2D eigenvalue weighted by Crippen LogP contribution is 2.31. The summed E-state index contributed by atoms with van der Waals surface area (Å²) in [6.45, 7) is 6.25. The number of aryl methyl sites for hydroxylation is 1. The third-order valence-electron chi connectivity index (χ3n) is 4.47. The Bertz CT molecular complexity index is 482. The van der Waals surface area contributed by atoms with Gasteiger partial charge in [-0.25, -0.2) is 0 Å². The summed E-state index contributed by atoms with van der Waals surface area (Å²) in [6.07, 6.45) is 4.66. The molecule has 0 aromatic heterocycles. The SMILES string of the molecule is Cc1cccc(C(=O)NC2CCCCC2C(C)C)c1O. The summed E-state index contributed by atoms with van der Waals surface area (Å²) in [4.78, 5) is 12.4. The first-order chi connectivity index (χ1) is 9.50. The molecule has 1 fully saturated rings. The maximum absolute atomic E-state index is 12.4. The molecule has 1 aromatic rings. The number of nitrogens with one attached hydrogen (secondary N) is 1. The quantitative estimate of drug-likeness (QED) is 0.884. The number of carbonyl (C=O) groups is 1. The number of benzene rings is 1. The number of para-hydroxylation sites is 1. The number of phenolic OH excluding ortho intramolecular Hbond substituents is 1. The van der Waals surface area contributed by atoms with E-state index in [4.69, 9.17) is 0 Å². The molecule has 0 spiro atoms. The van der Waals surface area contributed by atoms with Gasteiger partial charge in [-0.2, -0.15) is 0 Å². The van der Waals surface area contributed by atoms with Gasteiger partial charge in [0.1, 0.15) is 5.75 Å². The Hall–Kier alpha value is -1.51. The van der Waals surface area contributed by atoms with E-state index in [1.54, 1.807) is 6.07 Å². The number of carbonyl (C=O) groups excluding carboxylic acids is 1. The van der Waals surface area contributed by atoms with Crippen LogP contribution in [0.25, 0.3) is 0 Å². The van der Waals surface area contributed by atoms with Crippen LogP contribution >= 0.6 is 0 Å². The molecule has 0 aliphatic heterocycles. The van der Waals surface area contributed by atoms with Gasteiger partial charge in [-0.1, -0.05) is 38.8 Å². The van der Waals surface area contributed by atoms with Gasteiger partial charge in [0, 0.05) is 6.04 Å². The Morgan fingerprint density at radius 3 is 2.70 bits per heavy atom. The Kier molecular flexibility index (Phi) is 4.69. The molecule has 20 heavy (non-hydrogen) atoms. The van der Waals surface area contributed by atoms with Crippen LogP contribution in [0.2, 0.25) is 0 Å². The lowest BCUT2D eigenvalue weighted by Gasteiger charge is -2.35. The molecule has 1 saturated carbocycles.